The van der Waals surface area contributed by atoms with Gasteiger partial charge in [0.05, 0.1) is 5.56 Å². The Bertz CT molecular complexity index is 881. The van der Waals surface area contributed by atoms with E-state index in [-0.39, 0.29) is 34.9 Å². The predicted molar refractivity (Wildman–Crippen MR) is 114 cm³/mol. The lowest BCUT2D eigenvalue weighted by Crippen LogP contribution is -2.55. The van der Waals surface area contributed by atoms with E-state index >= 15 is 0 Å². The average Bonchev–Trinajstić information content (AvgIpc) is 2.72. The molecule has 0 radical (unpaired) electrons. The van der Waals surface area contributed by atoms with Crippen LogP contribution in [0.2, 0.25) is 0 Å². The first-order chi connectivity index (χ1) is 14.2. The molecule has 1 fully saturated rings. The number of benzene rings is 1. The zero-order valence-electron chi connectivity index (χ0n) is 18.1. The Morgan fingerprint density at radius 2 is 1.90 bits per heavy atom. The van der Waals surface area contributed by atoms with E-state index in [1.54, 1.807) is 18.3 Å². The summed E-state index contributed by atoms with van der Waals surface area (Å²) in [6, 6.07) is 9.44. The zero-order chi connectivity index (χ0) is 21.9. The van der Waals surface area contributed by atoms with Crippen molar-refractivity contribution in [2.45, 2.75) is 46.1 Å². The third-order valence-electron chi connectivity index (χ3n) is 5.96. The zero-order valence-corrected chi connectivity index (χ0v) is 18.1. The molecule has 0 bridgehead atoms. The maximum atomic E-state index is 13.3. The number of pyridine rings is 1. The van der Waals surface area contributed by atoms with Crippen LogP contribution in [0.1, 0.15) is 56.0 Å². The van der Waals surface area contributed by atoms with Gasteiger partial charge in [-0.15, -0.1) is 0 Å². The number of piperidine rings is 1. The molecule has 1 aromatic carbocycles. The molecule has 0 saturated carbocycles. The van der Waals surface area contributed by atoms with Gasteiger partial charge in [0, 0.05) is 25.5 Å². The van der Waals surface area contributed by atoms with Crippen molar-refractivity contribution in [1.82, 2.24) is 15.2 Å². The SMILES string of the molecule is CC(C)[C@@H](NC(=O)c1cccnc1)C(=O)N1CC[C@@H](c2ccc(F)cc2)C(C)(C)C1. The van der Waals surface area contributed by atoms with Crippen molar-refractivity contribution >= 4 is 11.8 Å². The third-order valence-corrected chi connectivity index (χ3v) is 5.96. The van der Waals surface area contributed by atoms with Crippen molar-refractivity contribution in [3.63, 3.8) is 0 Å². The first-order valence-corrected chi connectivity index (χ1v) is 10.4. The minimum Gasteiger partial charge on any atom is -0.340 e. The Labute approximate surface area is 177 Å². The second kappa shape index (κ2) is 8.94. The van der Waals surface area contributed by atoms with Crippen LogP contribution in [0.15, 0.2) is 48.8 Å². The molecule has 3 rings (SSSR count). The number of likely N-dealkylation sites (tertiary alicyclic amines) is 1. The van der Waals surface area contributed by atoms with Gasteiger partial charge in [-0.2, -0.15) is 0 Å². The molecule has 5 nitrogen and oxygen atoms in total. The molecule has 2 aromatic rings. The molecular formula is C24H30FN3O2. The molecule has 0 aliphatic carbocycles. The molecule has 0 spiro atoms. The van der Waals surface area contributed by atoms with Crippen LogP contribution in [-0.2, 0) is 4.79 Å². The maximum Gasteiger partial charge on any atom is 0.253 e. The smallest absolute Gasteiger partial charge is 0.253 e. The highest BCUT2D eigenvalue weighted by molar-refractivity contribution is 5.97. The van der Waals surface area contributed by atoms with E-state index in [0.29, 0.717) is 18.7 Å². The quantitative estimate of drug-likeness (QED) is 0.808. The number of carbonyl (C=O) groups is 2. The van der Waals surface area contributed by atoms with Crippen molar-refractivity contribution in [1.29, 1.82) is 0 Å². The highest BCUT2D eigenvalue weighted by Crippen LogP contribution is 2.42. The fourth-order valence-electron chi connectivity index (χ4n) is 4.29. The van der Waals surface area contributed by atoms with Crippen molar-refractivity contribution in [3.05, 3.63) is 65.7 Å². The van der Waals surface area contributed by atoms with Crippen LogP contribution in [0.25, 0.3) is 0 Å². The molecule has 2 atom stereocenters. The Hall–Kier alpha value is -2.76. The van der Waals surface area contributed by atoms with Crippen LogP contribution < -0.4 is 5.32 Å². The molecule has 1 aliphatic rings. The molecule has 1 saturated heterocycles. The van der Waals surface area contributed by atoms with Crippen LogP contribution in [0.5, 0.6) is 0 Å². The maximum absolute atomic E-state index is 13.3. The van der Waals surface area contributed by atoms with E-state index in [2.05, 4.69) is 24.1 Å². The number of hydrogen-bond acceptors (Lipinski definition) is 3. The van der Waals surface area contributed by atoms with Gasteiger partial charge in [-0.05, 0) is 53.5 Å². The van der Waals surface area contributed by atoms with Gasteiger partial charge < -0.3 is 10.2 Å². The summed E-state index contributed by atoms with van der Waals surface area (Å²) >= 11 is 0. The number of nitrogens with one attached hydrogen (secondary N) is 1. The molecule has 0 unspecified atom stereocenters. The molecule has 2 heterocycles. The lowest BCUT2D eigenvalue weighted by molar-refractivity contribution is -0.137. The number of aromatic nitrogens is 1. The minimum absolute atomic E-state index is 0.0453. The molecule has 1 N–H and O–H groups in total. The molecule has 30 heavy (non-hydrogen) atoms. The van der Waals surface area contributed by atoms with Crippen molar-refractivity contribution in [2.75, 3.05) is 13.1 Å². The van der Waals surface area contributed by atoms with Gasteiger partial charge in [-0.25, -0.2) is 4.39 Å². The summed E-state index contributed by atoms with van der Waals surface area (Å²) in [6.45, 7) is 9.33. The monoisotopic (exact) mass is 411 g/mol. The minimum atomic E-state index is -0.601. The van der Waals surface area contributed by atoms with E-state index in [1.165, 1.54) is 18.3 Å². The number of hydrogen-bond donors (Lipinski definition) is 1. The largest absolute Gasteiger partial charge is 0.340 e. The molecular weight excluding hydrogens is 381 g/mol. The fourth-order valence-corrected chi connectivity index (χ4v) is 4.29. The lowest BCUT2D eigenvalue weighted by Gasteiger charge is -2.45. The van der Waals surface area contributed by atoms with Gasteiger partial charge in [0.25, 0.3) is 5.91 Å². The molecule has 2 amide bonds. The van der Waals surface area contributed by atoms with Crippen molar-refractivity contribution in [3.8, 4) is 0 Å². The standard InChI is InChI=1S/C24H30FN3O2/c1-16(2)21(27-22(29)18-6-5-12-26-14-18)23(30)28-13-11-20(24(3,4)15-28)17-7-9-19(25)10-8-17/h5-10,12,14,16,20-21H,11,13,15H2,1-4H3,(H,27,29)/t20-,21+/m0/s1. The average molecular weight is 412 g/mol. The topological polar surface area (TPSA) is 62.3 Å². The Morgan fingerprint density at radius 3 is 2.47 bits per heavy atom. The molecule has 6 heteroatoms. The van der Waals surface area contributed by atoms with E-state index < -0.39 is 6.04 Å². The van der Waals surface area contributed by atoms with E-state index in [1.807, 2.05) is 30.9 Å². The summed E-state index contributed by atoms with van der Waals surface area (Å²) in [6.07, 6.45) is 3.90. The summed E-state index contributed by atoms with van der Waals surface area (Å²) in [5.41, 5.74) is 1.37. The van der Waals surface area contributed by atoms with Gasteiger partial charge >= 0.3 is 0 Å². The molecule has 1 aliphatic heterocycles. The van der Waals surface area contributed by atoms with E-state index in [9.17, 15) is 14.0 Å². The van der Waals surface area contributed by atoms with Crippen LogP contribution in [-0.4, -0.2) is 40.8 Å². The second-order valence-electron chi connectivity index (χ2n) is 9.08. The number of rotatable bonds is 5. The summed E-state index contributed by atoms with van der Waals surface area (Å²) in [5, 5.41) is 2.89. The van der Waals surface area contributed by atoms with Crippen LogP contribution in [0.4, 0.5) is 4.39 Å². The normalized spacial score (nSPS) is 19.4. The van der Waals surface area contributed by atoms with Gasteiger partial charge in [0.15, 0.2) is 0 Å². The van der Waals surface area contributed by atoms with Gasteiger partial charge in [-0.3, -0.25) is 14.6 Å². The van der Waals surface area contributed by atoms with Gasteiger partial charge in [0.1, 0.15) is 11.9 Å². The fraction of sp³-hybridized carbons (Fsp3) is 0.458. The van der Waals surface area contributed by atoms with Gasteiger partial charge in [0.2, 0.25) is 5.91 Å². The van der Waals surface area contributed by atoms with Crippen LogP contribution >= 0.6 is 0 Å². The Kier molecular flexibility index (Phi) is 6.54. The van der Waals surface area contributed by atoms with Crippen LogP contribution in [0.3, 0.4) is 0 Å². The highest BCUT2D eigenvalue weighted by atomic mass is 19.1. The Morgan fingerprint density at radius 1 is 1.20 bits per heavy atom. The summed E-state index contributed by atoms with van der Waals surface area (Å²) in [7, 11) is 0. The highest BCUT2D eigenvalue weighted by Gasteiger charge is 2.40. The van der Waals surface area contributed by atoms with Crippen molar-refractivity contribution < 1.29 is 14.0 Å². The van der Waals surface area contributed by atoms with Gasteiger partial charge in [-0.1, -0.05) is 39.8 Å². The number of carbonyl (C=O) groups excluding carboxylic acids is 2. The first kappa shape index (κ1) is 21.9. The van der Waals surface area contributed by atoms with E-state index in [4.69, 9.17) is 0 Å². The lowest BCUT2D eigenvalue weighted by atomic mass is 9.70. The molecule has 1 aromatic heterocycles. The summed E-state index contributed by atoms with van der Waals surface area (Å²) in [4.78, 5) is 31.7. The summed E-state index contributed by atoms with van der Waals surface area (Å²) < 4.78 is 13.3. The van der Waals surface area contributed by atoms with Crippen LogP contribution in [0, 0.1) is 17.2 Å². The Balaban J connectivity index is 1.72. The second-order valence-corrected chi connectivity index (χ2v) is 9.08. The number of nitrogens with zero attached hydrogens (tertiary/aromatic N) is 2. The van der Waals surface area contributed by atoms with E-state index in [0.717, 1.165) is 12.0 Å². The molecule has 160 valence electrons. The first-order valence-electron chi connectivity index (χ1n) is 10.4. The predicted octanol–water partition coefficient (Wildman–Crippen LogP) is 4.02. The summed E-state index contributed by atoms with van der Waals surface area (Å²) in [5.74, 6) is -0.405. The number of halogens is 1. The van der Waals surface area contributed by atoms with Crippen molar-refractivity contribution in [2.24, 2.45) is 11.3 Å². The number of amides is 2. The third kappa shape index (κ3) is 4.86.